The fourth-order valence-electron chi connectivity index (χ4n) is 2.96. The van der Waals surface area contributed by atoms with E-state index in [1.165, 1.54) is 40.8 Å². The minimum absolute atomic E-state index is 0.532. The summed E-state index contributed by atoms with van der Waals surface area (Å²) in [6.45, 7) is 13.3. The van der Waals surface area contributed by atoms with Gasteiger partial charge in [-0.1, -0.05) is 59.2 Å². The molecule has 0 aliphatic carbocycles. The summed E-state index contributed by atoms with van der Waals surface area (Å²) in [5.74, 6) is 1.06. The summed E-state index contributed by atoms with van der Waals surface area (Å²) in [5, 5.41) is 7.55. The van der Waals surface area contributed by atoms with Crippen LogP contribution in [-0.2, 0) is 6.54 Å². The summed E-state index contributed by atoms with van der Waals surface area (Å²) >= 11 is 0. The molecule has 1 aromatic carbocycles. The van der Waals surface area contributed by atoms with Crippen molar-refractivity contribution in [1.82, 2.24) is 15.1 Å². The average molecular weight is 328 g/mol. The molecule has 0 atom stereocenters. The van der Waals surface area contributed by atoms with Crippen molar-refractivity contribution >= 4 is 0 Å². The number of H-pyrrole nitrogens is 1. The first-order valence-electron chi connectivity index (χ1n) is 9.28. The van der Waals surface area contributed by atoms with E-state index in [9.17, 15) is 0 Å². The Morgan fingerprint density at radius 1 is 1.04 bits per heavy atom. The molecule has 0 unspecified atom stereocenters. The molecule has 1 N–H and O–H groups in total. The summed E-state index contributed by atoms with van der Waals surface area (Å²) in [6, 6.07) is 7.01. The molecule has 0 aliphatic heterocycles. The molecule has 2 aromatic rings. The summed E-state index contributed by atoms with van der Waals surface area (Å²) in [4.78, 5) is 2.37. The summed E-state index contributed by atoms with van der Waals surface area (Å²) in [6.07, 6.45) is 4.45. The Morgan fingerprint density at radius 3 is 2.21 bits per heavy atom. The molecule has 3 nitrogen and oxygen atoms in total. The van der Waals surface area contributed by atoms with Gasteiger partial charge < -0.3 is 4.90 Å². The molecule has 2 rings (SSSR count). The minimum atomic E-state index is 0.532. The van der Waals surface area contributed by atoms with E-state index in [1.807, 2.05) is 6.20 Å². The highest BCUT2D eigenvalue weighted by Gasteiger charge is 2.13. The maximum Gasteiger partial charge on any atom is 0.0570 e. The van der Waals surface area contributed by atoms with Gasteiger partial charge in [0.15, 0.2) is 0 Å². The Morgan fingerprint density at radius 2 is 1.67 bits per heavy atom. The Labute approximate surface area is 147 Å². The fourth-order valence-corrected chi connectivity index (χ4v) is 2.96. The highest BCUT2D eigenvalue weighted by atomic mass is 15.2. The van der Waals surface area contributed by atoms with Gasteiger partial charge in [0.25, 0.3) is 0 Å². The first-order valence-corrected chi connectivity index (χ1v) is 9.28. The number of unbranched alkanes of at least 4 members (excludes halogenated alkanes) is 1. The van der Waals surface area contributed by atoms with E-state index in [1.54, 1.807) is 0 Å². The van der Waals surface area contributed by atoms with Crippen molar-refractivity contribution in [2.75, 3.05) is 13.6 Å². The Hall–Kier alpha value is -1.61. The maximum atomic E-state index is 4.33. The van der Waals surface area contributed by atoms with Gasteiger partial charge in [-0.2, -0.15) is 5.10 Å². The zero-order valence-corrected chi connectivity index (χ0v) is 16.2. The largest absolute Gasteiger partial charge is 0.301 e. The van der Waals surface area contributed by atoms with Crippen LogP contribution in [-0.4, -0.2) is 28.7 Å². The quantitative estimate of drug-likeness (QED) is 0.689. The Bertz CT molecular complexity index is 614. The second-order valence-electron chi connectivity index (χ2n) is 7.55. The topological polar surface area (TPSA) is 31.9 Å². The van der Waals surface area contributed by atoms with Crippen molar-refractivity contribution in [2.45, 2.75) is 65.8 Å². The summed E-state index contributed by atoms with van der Waals surface area (Å²) < 4.78 is 0. The number of nitrogens with zero attached hydrogens (tertiary/aromatic N) is 2. The van der Waals surface area contributed by atoms with Gasteiger partial charge in [-0.05, 0) is 48.5 Å². The monoisotopic (exact) mass is 327 g/mol. The summed E-state index contributed by atoms with van der Waals surface area (Å²) in [5.41, 5.74) is 6.55. The maximum absolute atomic E-state index is 4.33. The predicted molar refractivity (Wildman–Crippen MR) is 103 cm³/mol. The molecular formula is C21H33N3. The average Bonchev–Trinajstić information content (AvgIpc) is 3.00. The number of aromatic amines is 1. The lowest BCUT2D eigenvalue weighted by molar-refractivity contribution is 0.317. The summed E-state index contributed by atoms with van der Waals surface area (Å²) in [7, 11) is 2.18. The first kappa shape index (κ1) is 18.7. The fraction of sp³-hybridized carbons (Fsp3) is 0.571. The molecule has 1 aromatic heterocycles. The molecule has 24 heavy (non-hydrogen) atoms. The van der Waals surface area contributed by atoms with Gasteiger partial charge in [-0.15, -0.1) is 0 Å². The lowest BCUT2D eigenvalue weighted by Gasteiger charge is -2.17. The van der Waals surface area contributed by atoms with Crippen molar-refractivity contribution in [1.29, 1.82) is 0 Å². The van der Waals surface area contributed by atoms with Crippen molar-refractivity contribution in [3.63, 3.8) is 0 Å². The normalized spacial score (nSPS) is 11.9. The predicted octanol–water partition coefficient (Wildman–Crippen LogP) is 5.56. The molecule has 0 saturated heterocycles. The third-order valence-corrected chi connectivity index (χ3v) is 4.66. The van der Waals surface area contributed by atoms with Crippen molar-refractivity contribution < 1.29 is 0 Å². The molecule has 1 heterocycles. The number of aromatic nitrogens is 2. The molecule has 0 amide bonds. The lowest BCUT2D eigenvalue weighted by atomic mass is 9.91. The van der Waals surface area contributed by atoms with Crippen LogP contribution in [0, 0.1) is 0 Å². The van der Waals surface area contributed by atoms with Crippen LogP contribution in [0.2, 0.25) is 0 Å². The Kier molecular flexibility index (Phi) is 6.61. The zero-order chi connectivity index (χ0) is 17.7. The number of hydrogen-bond donors (Lipinski definition) is 1. The van der Waals surface area contributed by atoms with E-state index in [2.05, 4.69) is 75.0 Å². The number of hydrogen-bond acceptors (Lipinski definition) is 2. The van der Waals surface area contributed by atoms with Gasteiger partial charge in [-0.25, -0.2) is 0 Å². The van der Waals surface area contributed by atoms with Crippen LogP contribution < -0.4 is 0 Å². The molecule has 0 spiro atoms. The molecule has 0 aliphatic rings. The third-order valence-electron chi connectivity index (χ3n) is 4.66. The standard InChI is InChI=1S/C21H33N3/c1-7-8-9-24(6)14-21-20(13-22-23-21)19-11-17(15(2)3)10-18(12-19)16(4)5/h10-13,15-16H,7-9,14H2,1-6H3,(H,22,23). The third kappa shape index (κ3) is 4.70. The second-order valence-corrected chi connectivity index (χ2v) is 7.55. The van der Waals surface area contributed by atoms with Gasteiger partial charge >= 0.3 is 0 Å². The second kappa shape index (κ2) is 8.48. The van der Waals surface area contributed by atoms with Crippen LogP contribution in [0.15, 0.2) is 24.4 Å². The van der Waals surface area contributed by atoms with E-state index in [4.69, 9.17) is 0 Å². The number of rotatable bonds is 8. The van der Waals surface area contributed by atoms with Crippen molar-refractivity contribution in [2.24, 2.45) is 0 Å². The SMILES string of the molecule is CCCCN(C)Cc1[nH]ncc1-c1cc(C(C)C)cc(C(C)C)c1. The van der Waals surface area contributed by atoms with Crippen LogP contribution in [0.25, 0.3) is 11.1 Å². The van der Waals surface area contributed by atoms with Crippen molar-refractivity contribution in [3.05, 3.63) is 41.2 Å². The molecule has 0 saturated carbocycles. The number of nitrogens with one attached hydrogen (secondary N) is 1. The number of benzene rings is 1. The molecule has 0 fully saturated rings. The van der Waals surface area contributed by atoms with Gasteiger partial charge in [0.1, 0.15) is 0 Å². The Balaban J connectivity index is 2.33. The van der Waals surface area contributed by atoms with E-state index in [0.717, 1.165) is 13.1 Å². The van der Waals surface area contributed by atoms with Crippen LogP contribution in [0.3, 0.4) is 0 Å². The van der Waals surface area contributed by atoms with Gasteiger partial charge in [0.2, 0.25) is 0 Å². The van der Waals surface area contributed by atoms with E-state index < -0.39 is 0 Å². The van der Waals surface area contributed by atoms with E-state index in [0.29, 0.717) is 11.8 Å². The van der Waals surface area contributed by atoms with Gasteiger partial charge in [0.05, 0.1) is 11.9 Å². The molecule has 132 valence electrons. The highest BCUT2D eigenvalue weighted by molar-refractivity contribution is 5.67. The van der Waals surface area contributed by atoms with E-state index in [-0.39, 0.29) is 0 Å². The van der Waals surface area contributed by atoms with Gasteiger partial charge in [-0.3, -0.25) is 5.10 Å². The lowest BCUT2D eigenvalue weighted by Crippen LogP contribution is -2.19. The molecule has 0 bridgehead atoms. The minimum Gasteiger partial charge on any atom is -0.301 e. The zero-order valence-electron chi connectivity index (χ0n) is 16.2. The molecule has 0 radical (unpaired) electrons. The smallest absolute Gasteiger partial charge is 0.0570 e. The molecular weight excluding hydrogens is 294 g/mol. The van der Waals surface area contributed by atoms with Gasteiger partial charge in [0, 0.05) is 12.1 Å². The molecule has 3 heteroatoms. The van der Waals surface area contributed by atoms with Crippen LogP contribution in [0.4, 0.5) is 0 Å². The van der Waals surface area contributed by atoms with E-state index >= 15 is 0 Å². The highest BCUT2D eigenvalue weighted by Crippen LogP contribution is 2.30. The van der Waals surface area contributed by atoms with Crippen LogP contribution in [0.1, 0.15) is 76.1 Å². The van der Waals surface area contributed by atoms with Crippen molar-refractivity contribution in [3.8, 4) is 11.1 Å². The first-order chi connectivity index (χ1) is 11.4. The van der Waals surface area contributed by atoms with Crippen LogP contribution in [0.5, 0.6) is 0 Å². The van der Waals surface area contributed by atoms with Crippen LogP contribution >= 0.6 is 0 Å².